The minimum Gasteiger partial charge on any atom is -0.392 e. The van der Waals surface area contributed by atoms with Gasteiger partial charge in [0, 0.05) is 18.3 Å². The van der Waals surface area contributed by atoms with Gasteiger partial charge in [-0.15, -0.1) is 0 Å². The molecule has 0 bridgehead atoms. The highest BCUT2D eigenvalue weighted by atomic mass is 19.1. The fourth-order valence-corrected chi connectivity index (χ4v) is 2.51. The molecule has 3 rings (SSSR count). The molecule has 0 aliphatic carbocycles. The maximum Gasteiger partial charge on any atom is 0.123 e. The average Bonchev–Trinajstić information content (AvgIpc) is 2.84. The summed E-state index contributed by atoms with van der Waals surface area (Å²) in [6.07, 6.45) is 2.02. The number of hydrogen-bond acceptors (Lipinski definition) is 1. The third kappa shape index (κ3) is 2.32. The number of halogens is 1. The first-order chi connectivity index (χ1) is 9.67. The van der Waals surface area contributed by atoms with E-state index < -0.39 is 0 Å². The summed E-state index contributed by atoms with van der Waals surface area (Å²) in [6, 6.07) is 12.9. The standard InChI is InChI=1S/C17H16FNO/c1-12-8-16(18)4-3-15(12)10-19-7-6-14-9-13(11-20)2-5-17(14)19/h2-9,20H,10-11H2,1H3. The molecule has 2 aromatic carbocycles. The van der Waals surface area contributed by atoms with Crippen molar-refractivity contribution < 1.29 is 9.50 Å². The van der Waals surface area contributed by atoms with Crippen LogP contribution in [0.15, 0.2) is 48.7 Å². The quantitative estimate of drug-likeness (QED) is 0.771. The second-order valence-corrected chi connectivity index (χ2v) is 5.07. The largest absolute Gasteiger partial charge is 0.392 e. The SMILES string of the molecule is Cc1cc(F)ccc1Cn1ccc2cc(CO)ccc21. The van der Waals surface area contributed by atoms with E-state index in [1.807, 2.05) is 43.5 Å². The Morgan fingerprint density at radius 1 is 1.10 bits per heavy atom. The summed E-state index contributed by atoms with van der Waals surface area (Å²) in [5, 5.41) is 10.3. The minimum atomic E-state index is -0.198. The van der Waals surface area contributed by atoms with Crippen molar-refractivity contribution >= 4 is 10.9 Å². The van der Waals surface area contributed by atoms with Gasteiger partial charge < -0.3 is 9.67 Å². The molecule has 0 aliphatic rings. The third-order valence-electron chi connectivity index (χ3n) is 3.66. The van der Waals surface area contributed by atoms with Crippen LogP contribution in [0.1, 0.15) is 16.7 Å². The van der Waals surface area contributed by atoms with Crippen LogP contribution in [0.2, 0.25) is 0 Å². The molecule has 1 heterocycles. The van der Waals surface area contributed by atoms with Gasteiger partial charge >= 0.3 is 0 Å². The van der Waals surface area contributed by atoms with E-state index in [1.165, 1.54) is 6.07 Å². The molecule has 3 heteroatoms. The Kier molecular flexibility index (Phi) is 3.28. The number of benzene rings is 2. The highest BCUT2D eigenvalue weighted by Crippen LogP contribution is 2.20. The second kappa shape index (κ2) is 5.10. The number of hydrogen-bond donors (Lipinski definition) is 1. The molecule has 0 saturated heterocycles. The number of fused-ring (bicyclic) bond motifs is 1. The second-order valence-electron chi connectivity index (χ2n) is 5.07. The molecule has 1 N–H and O–H groups in total. The first-order valence-electron chi connectivity index (χ1n) is 6.61. The summed E-state index contributed by atoms with van der Waals surface area (Å²) >= 11 is 0. The van der Waals surface area contributed by atoms with E-state index in [2.05, 4.69) is 4.57 Å². The summed E-state index contributed by atoms with van der Waals surface area (Å²) in [6.45, 7) is 2.69. The Hall–Kier alpha value is -2.13. The smallest absolute Gasteiger partial charge is 0.123 e. The molecule has 0 radical (unpaired) electrons. The number of aromatic nitrogens is 1. The number of aliphatic hydroxyl groups is 1. The zero-order valence-electron chi connectivity index (χ0n) is 11.3. The Morgan fingerprint density at radius 2 is 1.95 bits per heavy atom. The monoisotopic (exact) mass is 269 g/mol. The van der Waals surface area contributed by atoms with E-state index in [0.29, 0.717) is 6.54 Å². The van der Waals surface area contributed by atoms with E-state index in [-0.39, 0.29) is 12.4 Å². The van der Waals surface area contributed by atoms with Crippen molar-refractivity contribution in [1.82, 2.24) is 4.57 Å². The first-order valence-corrected chi connectivity index (χ1v) is 6.61. The summed E-state index contributed by atoms with van der Waals surface area (Å²) < 4.78 is 15.3. The Bertz CT molecular complexity index is 761. The Labute approximate surface area is 117 Å². The maximum absolute atomic E-state index is 13.1. The van der Waals surface area contributed by atoms with Crippen LogP contribution in [0.25, 0.3) is 10.9 Å². The van der Waals surface area contributed by atoms with Gasteiger partial charge in [-0.1, -0.05) is 12.1 Å². The zero-order chi connectivity index (χ0) is 14.1. The maximum atomic E-state index is 13.1. The number of nitrogens with zero attached hydrogens (tertiary/aromatic N) is 1. The summed E-state index contributed by atoms with van der Waals surface area (Å²) in [5.74, 6) is -0.198. The number of aliphatic hydroxyl groups excluding tert-OH is 1. The van der Waals surface area contributed by atoms with E-state index in [0.717, 1.165) is 27.6 Å². The lowest BCUT2D eigenvalue weighted by Crippen LogP contribution is -2.00. The lowest BCUT2D eigenvalue weighted by atomic mass is 10.1. The van der Waals surface area contributed by atoms with Crippen molar-refractivity contribution in [2.45, 2.75) is 20.1 Å². The van der Waals surface area contributed by atoms with Gasteiger partial charge in [0.05, 0.1) is 6.61 Å². The molecule has 3 aromatic rings. The molecule has 2 nitrogen and oxygen atoms in total. The van der Waals surface area contributed by atoms with Gasteiger partial charge in [0.25, 0.3) is 0 Å². The van der Waals surface area contributed by atoms with Gasteiger partial charge in [0.15, 0.2) is 0 Å². The normalized spacial score (nSPS) is 11.2. The molecule has 0 spiro atoms. The van der Waals surface area contributed by atoms with Crippen molar-refractivity contribution in [3.05, 3.63) is 71.2 Å². The first kappa shape index (κ1) is 12.9. The van der Waals surface area contributed by atoms with E-state index in [1.54, 1.807) is 6.07 Å². The summed E-state index contributed by atoms with van der Waals surface area (Å²) in [5.41, 5.74) is 4.09. The molecule has 0 amide bonds. The van der Waals surface area contributed by atoms with Crippen molar-refractivity contribution in [1.29, 1.82) is 0 Å². The third-order valence-corrected chi connectivity index (χ3v) is 3.66. The molecule has 1 aromatic heterocycles. The molecule has 0 atom stereocenters. The highest BCUT2D eigenvalue weighted by molar-refractivity contribution is 5.81. The fourth-order valence-electron chi connectivity index (χ4n) is 2.51. The molecule has 102 valence electrons. The predicted molar refractivity (Wildman–Crippen MR) is 78.1 cm³/mol. The molecular weight excluding hydrogens is 253 g/mol. The van der Waals surface area contributed by atoms with Crippen molar-refractivity contribution in [3.8, 4) is 0 Å². The van der Waals surface area contributed by atoms with Crippen LogP contribution in [-0.4, -0.2) is 9.67 Å². The highest BCUT2D eigenvalue weighted by Gasteiger charge is 2.05. The lowest BCUT2D eigenvalue weighted by molar-refractivity contribution is 0.282. The van der Waals surface area contributed by atoms with Crippen molar-refractivity contribution in [2.24, 2.45) is 0 Å². The van der Waals surface area contributed by atoms with Crippen molar-refractivity contribution in [3.63, 3.8) is 0 Å². The summed E-state index contributed by atoms with van der Waals surface area (Å²) in [4.78, 5) is 0. The van der Waals surface area contributed by atoms with E-state index >= 15 is 0 Å². The van der Waals surface area contributed by atoms with Gasteiger partial charge in [-0.3, -0.25) is 0 Å². The van der Waals surface area contributed by atoms with Crippen LogP contribution in [0.3, 0.4) is 0 Å². The Morgan fingerprint density at radius 3 is 2.70 bits per heavy atom. The van der Waals surface area contributed by atoms with Gasteiger partial charge in [-0.05, 0) is 59.3 Å². The van der Waals surface area contributed by atoms with Crippen LogP contribution in [-0.2, 0) is 13.2 Å². The number of rotatable bonds is 3. The van der Waals surface area contributed by atoms with Crippen molar-refractivity contribution in [2.75, 3.05) is 0 Å². The zero-order valence-corrected chi connectivity index (χ0v) is 11.3. The van der Waals surface area contributed by atoms with Crippen LogP contribution in [0, 0.1) is 12.7 Å². The fraction of sp³-hybridized carbons (Fsp3) is 0.176. The van der Waals surface area contributed by atoms with Crippen LogP contribution >= 0.6 is 0 Å². The molecule has 20 heavy (non-hydrogen) atoms. The van der Waals surface area contributed by atoms with Gasteiger partial charge in [0.1, 0.15) is 5.82 Å². The lowest BCUT2D eigenvalue weighted by Gasteiger charge is -2.09. The van der Waals surface area contributed by atoms with Crippen LogP contribution in [0.4, 0.5) is 4.39 Å². The molecular formula is C17H16FNO. The van der Waals surface area contributed by atoms with Crippen LogP contribution in [0.5, 0.6) is 0 Å². The molecule has 0 fully saturated rings. The number of aryl methyl sites for hydroxylation is 1. The predicted octanol–water partition coefficient (Wildman–Crippen LogP) is 3.63. The Balaban J connectivity index is 1.98. The van der Waals surface area contributed by atoms with Crippen LogP contribution < -0.4 is 0 Å². The molecule has 0 saturated carbocycles. The van der Waals surface area contributed by atoms with Gasteiger partial charge in [0.2, 0.25) is 0 Å². The topological polar surface area (TPSA) is 25.2 Å². The van der Waals surface area contributed by atoms with Gasteiger partial charge in [-0.2, -0.15) is 0 Å². The van der Waals surface area contributed by atoms with Gasteiger partial charge in [-0.25, -0.2) is 4.39 Å². The van der Waals surface area contributed by atoms with E-state index in [4.69, 9.17) is 5.11 Å². The minimum absolute atomic E-state index is 0.0538. The average molecular weight is 269 g/mol. The molecule has 0 aliphatic heterocycles. The summed E-state index contributed by atoms with van der Waals surface area (Å²) in [7, 11) is 0. The van der Waals surface area contributed by atoms with E-state index in [9.17, 15) is 4.39 Å². The molecule has 0 unspecified atom stereocenters.